The molecular weight excluding hydrogens is 248 g/mol. The number of nitrogens with one attached hydrogen (secondary N) is 1. The molecule has 1 rings (SSSR count). The van der Waals surface area contributed by atoms with E-state index in [1.807, 2.05) is 13.8 Å². The molecule has 0 bridgehead atoms. The topological polar surface area (TPSA) is 21.3 Å². The molecule has 17 heavy (non-hydrogen) atoms. The first-order valence-electron chi connectivity index (χ1n) is 5.35. The van der Waals surface area contributed by atoms with Crippen LogP contribution in [0.25, 0.3) is 0 Å². The highest BCUT2D eigenvalue weighted by atomic mass is 35.5. The zero-order valence-corrected chi connectivity index (χ0v) is 10.8. The predicted octanol–water partition coefficient (Wildman–Crippen LogP) is 3.70. The van der Waals surface area contributed by atoms with Gasteiger partial charge in [-0.1, -0.05) is 25.4 Å². The summed E-state index contributed by atoms with van der Waals surface area (Å²) in [6.45, 7) is 4.38. The smallest absolute Gasteiger partial charge is 0.150 e. The molecule has 0 fully saturated rings. The molecule has 0 aliphatic heterocycles. The molecule has 0 aromatic heterocycles. The molecule has 1 aromatic carbocycles. The summed E-state index contributed by atoms with van der Waals surface area (Å²) in [5, 5.41) is 2.98. The van der Waals surface area contributed by atoms with Crippen molar-refractivity contribution >= 4 is 17.3 Å². The molecule has 0 aliphatic carbocycles. The fraction of sp³-hybridized carbons (Fsp3) is 0.500. The summed E-state index contributed by atoms with van der Waals surface area (Å²) in [5.41, 5.74) is 0.115. The van der Waals surface area contributed by atoms with Gasteiger partial charge >= 0.3 is 0 Å². The molecule has 0 saturated carbocycles. The van der Waals surface area contributed by atoms with E-state index in [1.54, 1.807) is 7.11 Å². The van der Waals surface area contributed by atoms with Crippen molar-refractivity contribution in [2.45, 2.75) is 19.9 Å². The lowest BCUT2D eigenvalue weighted by atomic mass is 10.0. The van der Waals surface area contributed by atoms with Gasteiger partial charge in [-0.15, -0.1) is 0 Å². The highest BCUT2D eigenvalue weighted by Crippen LogP contribution is 2.27. The van der Waals surface area contributed by atoms with Gasteiger partial charge in [0.25, 0.3) is 0 Å². The average Bonchev–Trinajstić information content (AvgIpc) is 2.21. The van der Waals surface area contributed by atoms with Crippen LogP contribution in [0.2, 0.25) is 5.02 Å². The molecule has 96 valence electrons. The van der Waals surface area contributed by atoms with E-state index in [2.05, 4.69) is 5.32 Å². The van der Waals surface area contributed by atoms with Gasteiger partial charge in [-0.2, -0.15) is 0 Å². The van der Waals surface area contributed by atoms with Crippen LogP contribution >= 0.6 is 11.6 Å². The van der Waals surface area contributed by atoms with E-state index in [1.165, 1.54) is 0 Å². The van der Waals surface area contributed by atoms with Crippen LogP contribution in [0.3, 0.4) is 0 Å². The number of halogens is 3. The van der Waals surface area contributed by atoms with Crippen LogP contribution < -0.4 is 5.32 Å². The maximum Gasteiger partial charge on any atom is 0.150 e. The molecule has 5 heteroatoms. The lowest BCUT2D eigenvalue weighted by Gasteiger charge is -2.23. The lowest BCUT2D eigenvalue weighted by Crippen LogP contribution is -2.31. The van der Waals surface area contributed by atoms with Crippen molar-refractivity contribution in [1.29, 1.82) is 0 Å². The zero-order valence-electron chi connectivity index (χ0n) is 10.1. The number of ether oxygens (including phenoxy) is 1. The van der Waals surface area contributed by atoms with Gasteiger partial charge in [0.1, 0.15) is 5.82 Å². The summed E-state index contributed by atoms with van der Waals surface area (Å²) in [4.78, 5) is 0. The molecular formula is C12H16ClF2NO. The van der Waals surface area contributed by atoms with Crippen LogP contribution in [-0.4, -0.2) is 19.8 Å². The summed E-state index contributed by atoms with van der Waals surface area (Å²) in [7, 11) is 1.57. The van der Waals surface area contributed by atoms with Gasteiger partial charge in [-0.05, 0) is 12.0 Å². The fourth-order valence-corrected chi connectivity index (χ4v) is 1.69. The molecule has 0 saturated heterocycles. The SMILES string of the molecule is COCC(Nc1c(F)cc(F)cc1Cl)C(C)C. The van der Waals surface area contributed by atoms with Crippen molar-refractivity contribution in [3.63, 3.8) is 0 Å². The fourth-order valence-electron chi connectivity index (χ4n) is 1.45. The van der Waals surface area contributed by atoms with Crippen LogP contribution in [-0.2, 0) is 4.74 Å². The lowest BCUT2D eigenvalue weighted by molar-refractivity contribution is 0.171. The zero-order chi connectivity index (χ0) is 13.0. The normalized spacial score (nSPS) is 12.9. The molecule has 1 aromatic rings. The number of rotatable bonds is 5. The third kappa shape index (κ3) is 3.82. The summed E-state index contributed by atoms with van der Waals surface area (Å²) in [6, 6.07) is 1.80. The minimum absolute atomic E-state index is 0.0317. The maximum atomic E-state index is 13.5. The first kappa shape index (κ1) is 14.2. The Morgan fingerprint density at radius 3 is 2.47 bits per heavy atom. The van der Waals surface area contributed by atoms with E-state index in [0.717, 1.165) is 12.1 Å². The Balaban J connectivity index is 2.93. The Hall–Kier alpha value is -0.870. The Kier molecular flexibility index (Phi) is 5.15. The molecule has 0 radical (unpaired) electrons. The van der Waals surface area contributed by atoms with Crippen molar-refractivity contribution in [2.75, 3.05) is 19.0 Å². The highest BCUT2D eigenvalue weighted by molar-refractivity contribution is 6.33. The Morgan fingerprint density at radius 1 is 1.35 bits per heavy atom. The van der Waals surface area contributed by atoms with Crippen molar-refractivity contribution in [1.82, 2.24) is 0 Å². The van der Waals surface area contributed by atoms with E-state index >= 15 is 0 Å². The standard InChI is InChI=1S/C12H16ClF2NO/c1-7(2)11(6-17-3)16-12-9(13)4-8(14)5-10(12)15/h4-5,7,11,16H,6H2,1-3H3. The first-order chi connectivity index (χ1) is 7.95. The molecule has 2 nitrogen and oxygen atoms in total. The van der Waals surface area contributed by atoms with Crippen LogP contribution in [0.5, 0.6) is 0 Å². The quantitative estimate of drug-likeness (QED) is 0.875. The van der Waals surface area contributed by atoms with Gasteiger partial charge in [0.2, 0.25) is 0 Å². The molecule has 0 aliphatic rings. The largest absolute Gasteiger partial charge is 0.383 e. The van der Waals surface area contributed by atoms with Gasteiger partial charge in [-0.3, -0.25) is 0 Å². The number of hydrogen-bond acceptors (Lipinski definition) is 2. The van der Waals surface area contributed by atoms with Crippen molar-refractivity contribution in [2.24, 2.45) is 5.92 Å². The molecule has 0 spiro atoms. The van der Waals surface area contributed by atoms with Crippen molar-refractivity contribution in [3.05, 3.63) is 28.8 Å². The van der Waals surface area contributed by atoms with Gasteiger partial charge in [-0.25, -0.2) is 8.78 Å². The van der Waals surface area contributed by atoms with E-state index in [4.69, 9.17) is 16.3 Å². The van der Waals surface area contributed by atoms with Crippen LogP contribution in [0.1, 0.15) is 13.8 Å². The van der Waals surface area contributed by atoms with Crippen LogP contribution in [0, 0.1) is 17.6 Å². The second-order valence-corrected chi connectivity index (χ2v) is 4.60. The summed E-state index contributed by atoms with van der Waals surface area (Å²) < 4.78 is 31.5. The third-order valence-corrected chi connectivity index (χ3v) is 2.79. The van der Waals surface area contributed by atoms with Gasteiger partial charge in [0.05, 0.1) is 23.4 Å². The van der Waals surface area contributed by atoms with Crippen LogP contribution in [0.15, 0.2) is 12.1 Å². The monoisotopic (exact) mass is 263 g/mol. The third-order valence-electron chi connectivity index (χ3n) is 2.49. The average molecular weight is 264 g/mol. The predicted molar refractivity (Wildman–Crippen MR) is 65.5 cm³/mol. The molecule has 1 unspecified atom stereocenters. The Labute approximate surface area is 105 Å². The van der Waals surface area contributed by atoms with E-state index in [9.17, 15) is 8.78 Å². The van der Waals surface area contributed by atoms with E-state index < -0.39 is 11.6 Å². The number of methoxy groups -OCH3 is 1. The minimum Gasteiger partial charge on any atom is -0.383 e. The number of benzene rings is 1. The summed E-state index contributed by atoms with van der Waals surface area (Å²) >= 11 is 5.80. The first-order valence-corrected chi connectivity index (χ1v) is 5.73. The van der Waals surface area contributed by atoms with E-state index in [-0.39, 0.29) is 22.7 Å². The van der Waals surface area contributed by atoms with Gasteiger partial charge < -0.3 is 10.1 Å². The molecule has 1 N–H and O–H groups in total. The molecule has 0 amide bonds. The number of anilines is 1. The summed E-state index contributed by atoms with van der Waals surface area (Å²) in [5.74, 6) is -1.15. The Morgan fingerprint density at radius 2 is 2.00 bits per heavy atom. The van der Waals surface area contributed by atoms with Crippen molar-refractivity contribution in [3.8, 4) is 0 Å². The minimum atomic E-state index is -0.697. The highest BCUT2D eigenvalue weighted by Gasteiger charge is 2.17. The van der Waals surface area contributed by atoms with Crippen molar-refractivity contribution < 1.29 is 13.5 Å². The second-order valence-electron chi connectivity index (χ2n) is 4.19. The molecule has 1 atom stereocenters. The van der Waals surface area contributed by atoms with Gasteiger partial charge in [0, 0.05) is 13.2 Å². The second kappa shape index (κ2) is 6.17. The Bertz CT molecular complexity index is 362. The summed E-state index contributed by atoms with van der Waals surface area (Å²) in [6.07, 6.45) is 0. The maximum absolute atomic E-state index is 13.5. The molecule has 0 heterocycles. The van der Waals surface area contributed by atoms with Gasteiger partial charge in [0.15, 0.2) is 5.82 Å². The number of hydrogen-bond donors (Lipinski definition) is 1. The van der Waals surface area contributed by atoms with E-state index in [0.29, 0.717) is 6.61 Å². The van der Waals surface area contributed by atoms with Crippen LogP contribution in [0.4, 0.5) is 14.5 Å².